The topological polar surface area (TPSA) is 38.3 Å². The summed E-state index contributed by atoms with van der Waals surface area (Å²) in [4.78, 5) is 11.4. The number of hydrogen-bond donors (Lipinski definition) is 1. The monoisotopic (exact) mass is 213 g/mol. The van der Waals surface area contributed by atoms with Gasteiger partial charge in [-0.2, -0.15) is 0 Å². The SMILES string of the molecule is CC(C)(C)OC(=O)CCNC1CCCC1. The van der Waals surface area contributed by atoms with Gasteiger partial charge in [-0.3, -0.25) is 4.79 Å². The molecule has 15 heavy (non-hydrogen) atoms. The van der Waals surface area contributed by atoms with Crippen molar-refractivity contribution >= 4 is 5.97 Å². The third-order valence-corrected chi connectivity index (χ3v) is 2.54. The highest BCUT2D eigenvalue weighted by molar-refractivity contribution is 5.70. The molecule has 0 aromatic rings. The number of nitrogens with one attached hydrogen (secondary N) is 1. The van der Waals surface area contributed by atoms with E-state index in [2.05, 4.69) is 5.32 Å². The summed E-state index contributed by atoms with van der Waals surface area (Å²) in [5.41, 5.74) is -0.357. The van der Waals surface area contributed by atoms with Crippen LogP contribution >= 0.6 is 0 Å². The number of esters is 1. The van der Waals surface area contributed by atoms with Gasteiger partial charge < -0.3 is 10.1 Å². The zero-order valence-corrected chi connectivity index (χ0v) is 10.1. The molecule has 0 aliphatic heterocycles. The molecule has 3 heteroatoms. The van der Waals surface area contributed by atoms with E-state index in [4.69, 9.17) is 4.74 Å². The van der Waals surface area contributed by atoms with Gasteiger partial charge in [-0.25, -0.2) is 0 Å². The summed E-state index contributed by atoms with van der Waals surface area (Å²) in [6.07, 6.45) is 5.64. The van der Waals surface area contributed by atoms with Crippen molar-refractivity contribution in [2.75, 3.05) is 6.54 Å². The summed E-state index contributed by atoms with van der Waals surface area (Å²) >= 11 is 0. The normalized spacial score (nSPS) is 18.1. The van der Waals surface area contributed by atoms with Crippen molar-refractivity contribution in [1.29, 1.82) is 0 Å². The Labute approximate surface area is 92.6 Å². The Bertz CT molecular complexity index is 202. The summed E-state index contributed by atoms with van der Waals surface area (Å²) in [6, 6.07) is 0.632. The first-order valence-corrected chi connectivity index (χ1v) is 5.92. The smallest absolute Gasteiger partial charge is 0.307 e. The molecule has 0 aromatic heterocycles. The van der Waals surface area contributed by atoms with Gasteiger partial charge in [0.1, 0.15) is 5.60 Å². The summed E-state index contributed by atoms with van der Waals surface area (Å²) in [5, 5.41) is 3.40. The summed E-state index contributed by atoms with van der Waals surface area (Å²) in [5.74, 6) is -0.104. The highest BCUT2D eigenvalue weighted by Crippen LogP contribution is 2.17. The average molecular weight is 213 g/mol. The molecule has 0 bridgehead atoms. The second-order valence-corrected chi connectivity index (χ2v) is 5.27. The van der Waals surface area contributed by atoms with Crippen LogP contribution < -0.4 is 5.32 Å². The Morgan fingerprint density at radius 1 is 1.33 bits per heavy atom. The molecule has 1 rings (SSSR count). The minimum absolute atomic E-state index is 0.104. The molecule has 0 heterocycles. The maximum atomic E-state index is 11.4. The van der Waals surface area contributed by atoms with Gasteiger partial charge in [-0.1, -0.05) is 12.8 Å². The second-order valence-electron chi connectivity index (χ2n) is 5.27. The van der Waals surface area contributed by atoms with E-state index in [-0.39, 0.29) is 11.6 Å². The van der Waals surface area contributed by atoms with Gasteiger partial charge in [0.2, 0.25) is 0 Å². The van der Waals surface area contributed by atoms with Crippen LogP contribution in [0.5, 0.6) is 0 Å². The van der Waals surface area contributed by atoms with E-state index in [1.807, 2.05) is 20.8 Å². The largest absolute Gasteiger partial charge is 0.460 e. The Morgan fingerprint density at radius 3 is 2.47 bits per heavy atom. The average Bonchev–Trinajstić information content (AvgIpc) is 2.53. The zero-order chi connectivity index (χ0) is 11.3. The summed E-state index contributed by atoms with van der Waals surface area (Å²) < 4.78 is 5.22. The van der Waals surface area contributed by atoms with E-state index in [9.17, 15) is 4.79 Å². The van der Waals surface area contributed by atoms with Crippen LogP contribution in [0.1, 0.15) is 52.9 Å². The lowest BCUT2D eigenvalue weighted by Gasteiger charge is -2.20. The lowest BCUT2D eigenvalue weighted by Crippen LogP contribution is -2.30. The third-order valence-electron chi connectivity index (χ3n) is 2.54. The molecule has 1 fully saturated rings. The van der Waals surface area contributed by atoms with Crippen molar-refractivity contribution in [1.82, 2.24) is 5.32 Å². The molecule has 0 spiro atoms. The molecule has 0 atom stereocenters. The van der Waals surface area contributed by atoms with Crippen molar-refractivity contribution in [3.63, 3.8) is 0 Å². The summed E-state index contributed by atoms with van der Waals surface area (Å²) in [6.45, 7) is 6.44. The molecule has 0 unspecified atom stereocenters. The predicted molar refractivity (Wildman–Crippen MR) is 60.7 cm³/mol. The molecule has 1 aliphatic carbocycles. The van der Waals surface area contributed by atoms with Crippen molar-refractivity contribution in [2.45, 2.75) is 64.5 Å². The molecule has 88 valence electrons. The minimum atomic E-state index is -0.357. The molecule has 0 saturated heterocycles. The Kier molecular flexibility index (Phi) is 4.58. The van der Waals surface area contributed by atoms with E-state index in [1.165, 1.54) is 25.7 Å². The van der Waals surface area contributed by atoms with Crippen molar-refractivity contribution in [3.8, 4) is 0 Å². The summed E-state index contributed by atoms with van der Waals surface area (Å²) in [7, 11) is 0. The number of hydrogen-bond acceptors (Lipinski definition) is 3. The van der Waals surface area contributed by atoms with E-state index >= 15 is 0 Å². The van der Waals surface area contributed by atoms with E-state index in [1.54, 1.807) is 0 Å². The number of carbonyl (C=O) groups excluding carboxylic acids is 1. The number of rotatable bonds is 4. The highest BCUT2D eigenvalue weighted by Gasteiger charge is 2.17. The maximum Gasteiger partial charge on any atom is 0.307 e. The van der Waals surface area contributed by atoms with Crippen LogP contribution in [-0.4, -0.2) is 24.2 Å². The Balaban J connectivity index is 2.06. The number of carbonyl (C=O) groups is 1. The first-order chi connectivity index (χ1) is 6.97. The maximum absolute atomic E-state index is 11.4. The van der Waals surface area contributed by atoms with Crippen LogP contribution in [-0.2, 0) is 9.53 Å². The van der Waals surface area contributed by atoms with Crippen molar-refractivity contribution in [3.05, 3.63) is 0 Å². The van der Waals surface area contributed by atoms with Gasteiger partial charge in [0, 0.05) is 12.6 Å². The van der Waals surface area contributed by atoms with Crippen LogP contribution in [0, 0.1) is 0 Å². The van der Waals surface area contributed by atoms with Gasteiger partial charge in [0.15, 0.2) is 0 Å². The van der Waals surface area contributed by atoms with Crippen LogP contribution in [0.3, 0.4) is 0 Å². The van der Waals surface area contributed by atoms with Gasteiger partial charge in [-0.05, 0) is 33.6 Å². The van der Waals surface area contributed by atoms with Crippen LogP contribution in [0.25, 0.3) is 0 Å². The van der Waals surface area contributed by atoms with E-state index in [0.29, 0.717) is 12.5 Å². The predicted octanol–water partition coefficient (Wildman–Crippen LogP) is 2.25. The molecular formula is C12H23NO2. The molecule has 1 N–H and O–H groups in total. The lowest BCUT2D eigenvalue weighted by atomic mass is 10.2. The van der Waals surface area contributed by atoms with Gasteiger partial charge in [0.05, 0.1) is 6.42 Å². The molecule has 1 aliphatic rings. The molecule has 3 nitrogen and oxygen atoms in total. The highest BCUT2D eigenvalue weighted by atomic mass is 16.6. The molecular weight excluding hydrogens is 190 g/mol. The molecule has 1 saturated carbocycles. The standard InChI is InChI=1S/C12H23NO2/c1-12(2,3)15-11(14)8-9-13-10-6-4-5-7-10/h10,13H,4-9H2,1-3H3. The van der Waals surface area contributed by atoms with E-state index in [0.717, 1.165) is 6.54 Å². The minimum Gasteiger partial charge on any atom is -0.460 e. The van der Waals surface area contributed by atoms with Crippen molar-refractivity contribution < 1.29 is 9.53 Å². The van der Waals surface area contributed by atoms with Crippen LogP contribution in [0.4, 0.5) is 0 Å². The lowest BCUT2D eigenvalue weighted by molar-refractivity contribution is -0.154. The second kappa shape index (κ2) is 5.50. The quantitative estimate of drug-likeness (QED) is 0.728. The zero-order valence-electron chi connectivity index (χ0n) is 10.1. The number of ether oxygens (including phenoxy) is 1. The van der Waals surface area contributed by atoms with Crippen molar-refractivity contribution in [2.24, 2.45) is 0 Å². The van der Waals surface area contributed by atoms with Crippen LogP contribution in [0.2, 0.25) is 0 Å². The first-order valence-electron chi connectivity index (χ1n) is 5.92. The Morgan fingerprint density at radius 2 is 1.93 bits per heavy atom. The third kappa shape index (κ3) is 5.78. The molecule has 0 amide bonds. The van der Waals surface area contributed by atoms with Gasteiger partial charge >= 0.3 is 5.97 Å². The van der Waals surface area contributed by atoms with Gasteiger partial charge in [0.25, 0.3) is 0 Å². The van der Waals surface area contributed by atoms with E-state index < -0.39 is 0 Å². The van der Waals surface area contributed by atoms with Gasteiger partial charge in [-0.15, -0.1) is 0 Å². The first kappa shape index (κ1) is 12.5. The fraction of sp³-hybridized carbons (Fsp3) is 0.917. The fourth-order valence-electron chi connectivity index (χ4n) is 1.90. The molecule has 0 aromatic carbocycles. The van der Waals surface area contributed by atoms with Crippen LogP contribution in [0.15, 0.2) is 0 Å². The Hall–Kier alpha value is -0.570. The fourth-order valence-corrected chi connectivity index (χ4v) is 1.90. The molecule has 0 radical (unpaired) electrons.